The van der Waals surface area contributed by atoms with Gasteiger partial charge in [0.15, 0.2) is 0 Å². The number of hydrogen-bond donors (Lipinski definition) is 1. The summed E-state index contributed by atoms with van der Waals surface area (Å²) >= 11 is 0. The molecule has 0 radical (unpaired) electrons. The highest BCUT2D eigenvalue weighted by molar-refractivity contribution is 7.84. The molecule has 1 amide bonds. The van der Waals surface area contributed by atoms with Gasteiger partial charge in [0.2, 0.25) is 0 Å². The van der Waals surface area contributed by atoms with Gasteiger partial charge >= 0.3 is 5.97 Å². The molecule has 0 unspecified atom stereocenters. The Morgan fingerprint density at radius 2 is 1.95 bits per heavy atom. The van der Waals surface area contributed by atoms with E-state index in [9.17, 15) is 13.8 Å². The zero-order valence-electron chi connectivity index (χ0n) is 12.7. The molecule has 0 aliphatic carbocycles. The molecule has 5 nitrogen and oxygen atoms in total. The average molecular weight is 323 g/mol. The molecule has 2 rings (SSSR count). The van der Waals surface area contributed by atoms with Gasteiger partial charge in [-0.1, -0.05) is 0 Å². The van der Waals surface area contributed by atoms with Gasteiger partial charge in [-0.05, 0) is 49.9 Å². The highest BCUT2D eigenvalue weighted by Crippen LogP contribution is 2.23. The molecule has 6 heteroatoms. The molecule has 0 bridgehead atoms. The molecule has 120 valence electrons. The van der Waals surface area contributed by atoms with Gasteiger partial charge in [0.25, 0.3) is 5.91 Å². The Hall–Kier alpha value is -1.69. The van der Waals surface area contributed by atoms with Crippen LogP contribution in [0.2, 0.25) is 0 Å². The van der Waals surface area contributed by atoms with Crippen molar-refractivity contribution in [2.24, 2.45) is 0 Å². The van der Waals surface area contributed by atoms with Crippen LogP contribution in [0, 0.1) is 0 Å². The van der Waals surface area contributed by atoms with Crippen molar-refractivity contribution in [3.63, 3.8) is 0 Å². The standard InChI is InChI=1S/C16H21NO4S/c1-22(21)14-8-5-12(6-9-14)16(20)17-11-3-2-4-13(17)7-10-15(18)19/h5-6,8-9,13H,2-4,7,10-11H2,1H3,(H,18,19)/t13-,22+/m0/s1. The Morgan fingerprint density at radius 3 is 2.55 bits per heavy atom. The van der Waals surface area contributed by atoms with E-state index in [0.29, 0.717) is 23.4 Å². The van der Waals surface area contributed by atoms with Crippen molar-refractivity contribution in [3.8, 4) is 0 Å². The highest BCUT2D eigenvalue weighted by Gasteiger charge is 2.27. The molecule has 1 saturated heterocycles. The monoisotopic (exact) mass is 323 g/mol. The van der Waals surface area contributed by atoms with E-state index in [1.54, 1.807) is 35.4 Å². The molecule has 1 aromatic carbocycles. The molecular formula is C16H21NO4S. The lowest BCUT2D eigenvalue weighted by Gasteiger charge is -2.35. The Balaban J connectivity index is 2.10. The van der Waals surface area contributed by atoms with Crippen LogP contribution in [-0.2, 0) is 15.6 Å². The summed E-state index contributed by atoms with van der Waals surface area (Å²) < 4.78 is 11.4. The molecule has 1 aliphatic heterocycles. The van der Waals surface area contributed by atoms with Crippen molar-refractivity contribution in [2.75, 3.05) is 12.8 Å². The minimum absolute atomic E-state index is 0.00247. The summed E-state index contributed by atoms with van der Waals surface area (Å²) in [5.74, 6) is -0.892. The lowest BCUT2D eigenvalue weighted by atomic mass is 9.97. The van der Waals surface area contributed by atoms with E-state index >= 15 is 0 Å². The molecular weight excluding hydrogens is 302 g/mol. The van der Waals surface area contributed by atoms with Gasteiger partial charge in [0.1, 0.15) is 0 Å². The van der Waals surface area contributed by atoms with Crippen LogP contribution in [0.3, 0.4) is 0 Å². The van der Waals surface area contributed by atoms with E-state index < -0.39 is 16.8 Å². The van der Waals surface area contributed by atoms with Gasteiger partial charge in [-0.15, -0.1) is 0 Å². The fourth-order valence-electron chi connectivity index (χ4n) is 2.81. The molecule has 1 heterocycles. The van der Waals surface area contributed by atoms with Gasteiger partial charge in [-0.3, -0.25) is 13.8 Å². The summed E-state index contributed by atoms with van der Waals surface area (Å²) in [5.41, 5.74) is 0.566. The first-order valence-corrected chi connectivity index (χ1v) is 9.01. The van der Waals surface area contributed by atoms with Gasteiger partial charge < -0.3 is 10.0 Å². The Morgan fingerprint density at radius 1 is 1.27 bits per heavy atom. The summed E-state index contributed by atoms with van der Waals surface area (Å²) in [6.07, 6.45) is 5.02. The number of carbonyl (C=O) groups is 2. The zero-order chi connectivity index (χ0) is 16.1. The van der Waals surface area contributed by atoms with E-state index in [4.69, 9.17) is 5.11 Å². The number of benzene rings is 1. The molecule has 1 aliphatic rings. The topological polar surface area (TPSA) is 74.7 Å². The Kier molecular flexibility index (Phi) is 5.71. The van der Waals surface area contributed by atoms with E-state index in [1.807, 2.05) is 0 Å². The first kappa shape index (κ1) is 16.7. The molecule has 0 spiro atoms. The van der Waals surface area contributed by atoms with Crippen molar-refractivity contribution >= 4 is 22.7 Å². The van der Waals surface area contributed by atoms with Crippen LogP contribution in [-0.4, -0.2) is 44.9 Å². The van der Waals surface area contributed by atoms with Crippen LogP contribution in [0.15, 0.2) is 29.2 Å². The smallest absolute Gasteiger partial charge is 0.303 e. The maximum absolute atomic E-state index is 12.6. The van der Waals surface area contributed by atoms with E-state index in [-0.39, 0.29) is 18.4 Å². The van der Waals surface area contributed by atoms with E-state index in [1.165, 1.54) is 0 Å². The lowest BCUT2D eigenvalue weighted by Crippen LogP contribution is -2.43. The maximum Gasteiger partial charge on any atom is 0.303 e. The van der Waals surface area contributed by atoms with E-state index in [2.05, 4.69) is 0 Å². The van der Waals surface area contributed by atoms with Crippen molar-refractivity contribution in [3.05, 3.63) is 29.8 Å². The zero-order valence-corrected chi connectivity index (χ0v) is 13.5. The Labute approximate surface area is 132 Å². The summed E-state index contributed by atoms with van der Waals surface area (Å²) in [6, 6.07) is 6.81. The quantitative estimate of drug-likeness (QED) is 0.902. The number of rotatable bonds is 5. The number of amides is 1. The normalized spacial score (nSPS) is 19.7. The maximum atomic E-state index is 12.6. The highest BCUT2D eigenvalue weighted by atomic mass is 32.2. The predicted octanol–water partition coefficient (Wildman–Crippen LogP) is 2.28. The van der Waals surface area contributed by atoms with Crippen LogP contribution < -0.4 is 0 Å². The number of hydrogen-bond acceptors (Lipinski definition) is 3. The molecule has 0 aromatic heterocycles. The molecule has 1 aromatic rings. The average Bonchev–Trinajstić information content (AvgIpc) is 2.52. The largest absolute Gasteiger partial charge is 0.481 e. The van der Waals surface area contributed by atoms with Crippen LogP contribution in [0.5, 0.6) is 0 Å². The van der Waals surface area contributed by atoms with Gasteiger partial charge in [0.05, 0.1) is 0 Å². The fraction of sp³-hybridized carbons (Fsp3) is 0.500. The second-order valence-electron chi connectivity index (χ2n) is 5.56. The van der Waals surface area contributed by atoms with Crippen molar-refractivity contribution in [1.29, 1.82) is 0 Å². The van der Waals surface area contributed by atoms with Crippen molar-refractivity contribution in [2.45, 2.75) is 43.0 Å². The third-order valence-corrected chi connectivity index (χ3v) is 4.95. The number of likely N-dealkylation sites (tertiary alicyclic amines) is 1. The molecule has 2 atom stereocenters. The van der Waals surface area contributed by atoms with Gasteiger partial charge in [-0.2, -0.15) is 0 Å². The van der Waals surface area contributed by atoms with Crippen LogP contribution in [0.25, 0.3) is 0 Å². The second kappa shape index (κ2) is 7.54. The first-order chi connectivity index (χ1) is 10.5. The predicted molar refractivity (Wildman–Crippen MR) is 84.3 cm³/mol. The fourth-order valence-corrected chi connectivity index (χ4v) is 3.33. The molecule has 22 heavy (non-hydrogen) atoms. The van der Waals surface area contributed by atoms with Crippen LogP contribution >= 0.6 is 0 Å². The van der Waals surface area contributed by atoms with Crippen LogP contribution in [0.1, 0.15) is 42.5 Å². The second-order valence-corrected chi connectivity index (χ2v) is 6.94. The molecule has 1 fully saturated rings. The summed E-state index contributed by atoms with van der Waals surface area (Å²) in [6.45, 7) is 0.671. The van der Waals surface area contributed by atoms with Crippen LogP contribution in [0.4, 0.5) is 0 Å². The number of carbonyl (C=O) groups excluding carboxylic acids is 1. The summed E-state index contributed by atoms with van der Waals surface area (Å²) in [4.78, 5) is 25.9. The van der Waals surface area contributed by atoms with Crippen molar-refractivity contribution < 1.29 is 18.9 Å². The third-order valence-electron chi connectivity index (χ3n) is 4.01. The molecule has 0 saturated carbocycles. The van der Waals surface area contributed by atoms with Crippen molar-refractivity contribution in [1.82, 2.24) is 4.90 Å². The summed E-state index contributed by atoms with van der Waals surface area (Å²) in [5, 5.41) is 8.84. The number of nitrogens with zero attached hydrogens (tertiary/aromatic N) is 1. The van der Waals surface area contributed by atoms with Gasteiger partial charge in [0, 0.05) is 46.5 Å². The Bertz CT molecular complexity index is 570. The first-order valence-electron chi connectivity index (χ1n) is 7.45. The molecule has 1 N–H and O–H groups in total. The number of aliphatic carboxylic acids is 1. The summed E-state index contributed by atoms with van der Waals surface area (Å²) in [7, 11) is -1.06. The van der Waals surface area contributed by atoms with E-state index in [0.717, 1.165) is 19.3 Å². The minimum Gasteiger partial charge on any atom is -0.481 e. The SMILES string of the molecule is C[S@@](=O)c1ccc(C(=O)N2CCCC[C@H]2CCC(=O)O)cc1. The number of carboxylic acid groups (broad SMARTS) is 1. The van der Waals surface area contributed by atoms with Gasteiger partial charge in [-0.25, -0.2) is 0 Å². The lowest BCUT2D eigenvalue weighted by molar-refractivity contribution is -0.137. The third kappa shape index (κ3) is 4.16. The number of piperidine rings is 1. The minimum atomic E-state index is -1.06. The number of carboxylic acids is 1.